The summed E-state index contributed by atoms with van der Waals surface area (Å²) < 4.78 is 79.6. The summed E-state index contributed by atoms with van der Waals surface area (Å²) in [7, 11) is -4.02. The third kappa shape index (κ3) is 5.57. The number of rotatable bonds is 5. The molecule has 1 saturated heterocycles. The molecule has 1 atom stereocenters. The molecule has 0 saturated carbocycles. The van der Waals surface area contributed by atoms with Crippen molar-refractivity contribution in [2.75, 3.05) is 18.8 Å². The lowest BCUT2D eigenvalue weighted by atomic mass is 10.1. The van der Waals surface area contributed by atoms with Gasteiger partial charge in [0.1, 0.15) is 6.10 Å². The lowest BCUT2D eigenvalue weighted by molar-refractivity contribution is -0.130. The van der Waals surface area contributed by atoms with Crippen LogP contribution in [0.15, 0.2) is 12.4 Å². The van der Waals surface area contributed by atoms with Gasteiger partial charge in [-0.2, -0.15) is 17.5 Å². The van der Waals surface area contributed by atoms with Crippen LogP contribution >= 0.6 is 0 Å². The van der Waals surface area contributed by atoms with E-state index < -0.39 is 40.3 Å². The van der Waals surface area contributed by atoms with Crippen molar-refractivity contribution in [3.05, 3.63) is 18.2 Å². The third-order valence-corrected chi connectivity index (χ3v) is 5.08. The Hall–Kier alpha value is -1.49. The first-order chi connectivity index (χ1) is 10.7. The summed E-state index contributed by atoms with van der Waals surface area (Å²) in [5, 5.41) is 0. The van der Waals surface area contributed by atoms with Gasteiger partial charge in [-0.25, -0.2) is 22.8 Å². The Kier molecular flexibility index (Phi) is 5.40. The number of alkyl halides is 3. The van der Waals surface area contributed by atoms with Crippen LogP contribution in [0.4, 0.5) is 17.6 Å². The molecule has 0 bridgehead atoms. The van der Waals surface area contributed by atoms with Gasteiger partial charge in [-0.1, -0.05) is 0 Å². The first-order valence-electron chi connectivity index (χ1n) is 6.84. The van der Waals surface area contributed by atoms with E-state index in [-0.39, 0.29) is 19.1 Å². The Bertz CT molecular complexity index is 621. The molecule has 130 valence electrons. The molecule has 1 aliphatic rings. The van der Waals surface area contributed by atoms with Crippen LogP contribution in [0, 0.1) is 5.82 Å². The normalized spacial score (nSPS) is 20.4. The zero-order valence-corrected chi connectivity index (χ0v) is 12.8. The highest BCUT2D eigenvalue weighted by Gasteiger charge is 2.35. The van der Waals surface area contributed by atoms with Gasteiger partial charge < -0.3 is 4.74 Å². The molecule has 2 rings (SSSR count). The lowest BCUT2D eigenvalue weighted by Crippen LogP contribution is -2.45. The summed E-state index contributed by atoms with van der Waals surface area (Å²) in [4.78, 5) is 7.21. The van der Waals surface area contributed by atoms with Gasteiger partial charge in [0.2, 0.25) is 10.0 Å². The summed E-state index contributed by atoms with van der Waals surface area (Å²) in [6.45, 7) is 0.0608. The summed E-state index contributed by atoms with van der Waals surface area (Å²) in [5.74, 6) is -1.63. The molecule has 0 aliphatic carbocycles. The average molecular weight is 357 g/mol. The average Bonchev–Trinajstić information content (AvgIpc) is 2.47. The Morgan fingerprint density at radius 2 is 1.96 bits per heavy atom. The highest BCUT2D eigenvalue weighted by molar-refractivity contribution is 7.89. The maximum atomic E-state index is 12.7. The zero-order chi connectivity index (χ0) is 17.1. The molecule has 1 aromatic heterocycles. The molecule has 0 N–H and O–H groups in total. The van der Waals surface area contributed by atoms with Crippen LogP contribution in [-0.2, 0) is 10.0 Å². The van der Waals surface area contributed by atoms with Gasteiger partial charge in [-0.3, -0.25) is 0 Å². The summed E-state index contributed by atoms with van der Waals surface area (Å²) >= 11 is 0. The molecule has 0 radical (unpaired) electrons. The second-order valence-electron chi connectivity index (χ2n) is 5.11. The molecule has 11 heteroatoms. The van der Waals surface area contributed by atoms with Crippen molar-refractivity contribution in [1.29, 1.82) is 0 Å². The van der Waals surface area contributed by atoms with Gasteiger partial charge in [-0.15, -0.1) is 0 Å². The number of halogens is 4. The minimum atomic E-state index is -4.53. The Balaban J connectivity index is 1.95. The van der Waals surface area contributed by atoms with Crippen LogP contribution < -0.4 is 4.74 Å². The minimum Gasteiger partial charge on any atom is -0.459 e. The van der Waals surface area contributed by atoms with Gasteiger partial charge in [-0.05, 0) is 12.8 Å². The van der Waals surface area contributed by atoms with Crippen molar-refractivity contribution >= 4 is 10.0 Å². The number of nitrogens with zero attached hydrogens (tertiary/aromatic N) is 3. The number of ether oxygens (including phenoxy) is 1. The summed E-state index contributed by atoms with van der Waals surface area (Å²) in [6.07, 6.45) is -3.75. The van der Waals surface area contributed by atoms with Crippen LogP contribution in [0.5, 0.6) is 6.01 Å². The first-order valence-corrected chi connectivity index (χ1v) is 8.45. The number of aromatic nitrogens is 2. The fourth-order valence-electron chi connectivity index (χ4n) is 2.14. The van der Waals surface area contributed by atoms with E-state index in [1.807, 2.05) is 0 Å². The van der Waals surface area contributed by atoms with Crippen LogP contribution in [0.3, 0.4) is 0 Å². The predicted molar refractivity (Wildman–Crippen MR) is 71.7 cm³/mol. The maximum absolute atomic E-state index is 12.7. The van der Waals surface area contributed by atoms with E-state index in [0.29, 0.717) is 12.8 Å². The monoisotopic (exact) mass is 357 g/mol. The second kappa shape index (κ2) is 6.95. The van der Waals surface area contributed by atoms with Crippen LogP contribution in [0.2, 0.25) is 0 Å². The fraction of sp³-hybridized carbons (Fsp3) is 0.667. The Labute approximate surface area is 130 Å². The van der Waals surface area contributed by atoms with Crippen molar-refractivity contribution in [2.24, 2.45) is 0 Å². The van der Waals surface area contributed by atoms with Crippen LogP contribution in [0.1, 0.15) is 19.3 Å². The standard InChI is InChI=1S/C12H15F4N3O3S/c13-9-6-17-11(18-7-9)22-10-2-1-4-19(8-10)23(20,21)5-3-12(14,15)16/h6-7,10H,1-5,8H2. The smallest absolute Gasteiger partial charge is 0.390 e. The summed E-state index contributed by atoms with van der Waals surface area (Å²) in [5.41, 5.74) is 0. The van der Waals surface area contributed by atoms with E-state index in [4.69, 9.17) is 4.74 Å². The number of hydrogen-bond acceptors (Lipinski definition) is 5. The Morgan fingerprint density at radius 1 is 1.30 bits per heavy atom. The molecule has 0 amide bonds. The van der Waals surface area contributed by atoms with Crippen molar-refractivity contribution in [1.82, 2.24) is 14.3 Å². The lowest BCUT2D eigenvalue weighted by Gasteiger charge is -2.31. The molecule has 1 unspecified atom stereocenters. The van der Waals surface area contributed by atoms with E-state index in [1.54, 1.807) is 0 Å². The Morgan fingerprint density at radius 3 is 2.57 bits per heavy atom. The highest BCUT2D eigenvalue weighted by atomic mass is 32.2. The molecular weight excluding hydrogens is 342 g/mol. The number of hydrogen-bond donors (Lipinski definition) is 0. The van der Waals surface area contributed by atoms with E-state index in [2.05, 4.69) is 9.97 Å². The van der Waals surface area contributed by atoms with Gasteiger partial charge in [0.15, 0.2) is 5.82 Å². The number of sulfonamides is 1. The molecule has 1 aliphatic heterocycles. The van der Waals surface area contributed by atoms with Crippen molar-refractivity contribution in [2.45, 2.75) is 31.5 Å². The van der Waals surface area contributed by atoms with Gasteiger partial charge in [0.25, 0.3) is 0 Å². The molecule has 2 heterocycles. The van der Waals surface area contributed by atoms with Crippen molar-refractivity contribution < 1.29 is 30.7 Å². The molecule has 1 fully saturated rings. The molecule has 0 spiro atoms. The van der Waals surface area contributed by atoms with E-state index in [1.165, 1.54) is 0 Å². The molecular formula is C12H15F4N3O3S. The molecule has 23 heavy (non-hydrogen) atoms. The van der Waals surface area contributed by atoms with Crippen LogP contribution in [0.25, 0.3) is 0 Å². The van der Waals surface area contributed by atoms with E-state index >= 15 is 0 Å². The topological polar surface area (TPSA) is 72.4 Å². The van der Waals surface area contributed by atoms with Gasteiger partial charge in [0, 0.05) is 6.54 Å². The maximum Gasteiger partial charge on any atom is 0.390 e. The largest absolute Gasteiger partial charge is 0.459 e. The van der Waals surface area contributed by atoms with Crippen molar-refractivity contribution in [3.8, 4) is 6.01 Å². The summed E-state index contributed by atoms with van der Waals surface area (Å²) in [6, 6.07) is -0.106. The minimum absolute atomic E-state index is 0.0824. The predicted octanol–water partition coefficient (Wildman–Crippen LogP) is 1.74. The first kappa shape index (κ1) is 17.9. The third-order valence-electron chi connectivity index (χ3n) is 3.25. The fourth-order valence-corrected chi connectivity index (χ4v) is 3.69. The molecule has 1 aromatic rings. The SMILES string of the molecule is O=S(=O)(CCC(F)(F)F)N1CCCC(Oc2ncc(F)cn2)C1. The van der Waals surface area contributed by atoms with Gasteiger partial charge >= 0.3 is 12.2 Å². The quantitative estimate of drug-likeness (QED) is 0.751. The number of piperidine rings is 1. The van der Waals surface area contributed by atoms with Gasteiger partial charge in [0.05, 0.1) is 31.1 Å². The zero-order valence-electron chi connectivity index (χ0n) is 12.0. The van der Waals surface area contributed by atoms with E-state index in [0.717, 1.165) is 16.7 Å². The van der Waals surface area contributed by atoms with Crippen LogP contribution in [-0.4, -0.2) is 53.8 Å². The second-order valence-corrected chi connectivity index (χ2v) is 7.19. The highest BCUT2D eigenvalue weighted by Crippen LogP contribution is 2.23. The molecule has 6 nitrogen and oxygen atoms in total. The van der Waals surface area contributed by atoms with E-state index in [9.17, 15) is 26.0 Å². The molecule has 0 aromatic carbocycles. The van der Waals surface area contributed by atoms with Crippen molar-refractivity contribution in [3.63, 3.8) is 0 Å².